The summed E-state index contributed by atoms with van der Waals surface area (Å²) in [4.78, 5) is 0. The molecule has 0 spiro atoms. The molecule has 2 aromatic carbocycles. The quantitative estimate of drug-likeness (QED) is 0.276. The molecule has 0 saturated carbocycles. The van der Waals surface area contributed by atoms with Crippen molar-refractivity contribution >= 4 is 11.9 Å². The zero-order valence-electron chi connectivity index (χ0n) is 13.6. The topological polar surface area (TPSA) is 53.1 Å². The van der Waals surface area contributed by atoms with E-state index in [2.05, 4.69) is 15.3 Å². The summed E-state index contributed by atoms with van der Waals surface area (Å²) in [7, 11) is 0. The molecule has 0 aliphatic carbocycles. The molecule has 3 rings (SSSR count). The molecule has 146 valence electrons. The number of alkyl halides is 3. The molecular formula is C17H9F7N4. The van der Waals surface area contributed by atoms with E-state index in [4.69, 9.17) is 0 Å². The van der Waals surface area contributed by atoms with Gasteiger partial charge >= 0.3 is 6.18 Å². The summed E-state index contributed by atoms with van der Waals surface area (Å²) in [6.45, 7) is 0. The molecule has 0 saturated heterocycles. The minimum absolute atomic E-state index is 0.340. The third-order valence-electron chi connectivity index (χ3n) is 3.66. The van der Waals surface area contributed by atoms with Crippen molar-refractivity contribution in [2.45, 2.75) is 6.18 Å². The Kier molecular flexibility index (Phi) is 5.08. The van der Waals surface area contributed by atoms with Crippen molar-refractivity contribution in [3.63, 3.8) is 0 Å². The smallest absolute Gasteiger partial charge is 0.277 e. The van der Waals surface area contributed by atoms with E-state index in [0.717, 1.165) is 6.21 Å². The van der Waals surface area contributed by atoms with Crippen LogP contribution in [-0.4, -0.2) is 16.4 Å². The van der Waals surface area contributed by atoms with Crippen molar-refractivity contribution in [2.24, 2.45) is 5.10 Å². The van der Waals surface area contributed by atoms with Crippen molar-refractivity contribution in [1.82, 2.24) is 10.2 Å². The van der Waals surface area contributed by atoms with Crippen molar-refractivity contribution in [3.8, 4) is 11.3 Å². The maximum atomic E-state index is 13.8. The van der Waals surface area contributed by atoms with Crippen LogP contribution in [0.4, 0.5) is 36.4 Å². The molecule has 11 heteroatoms. The fourth-order valence-electron chi connectivity index (χ4n) is 2.37. The largest absolute Gasteiger partial charge is 0.422 e. The van der Waals surface area contributed by atoms with Crippen LogP contribution in [0.1, 0.15) is 11.1 Å². The Hall–Kier alpha value is -3.37. The lowest BCUT2D eigenvalue weighted by Crippen LogP contribution is -2.16. The monoisotopic (exact) mass is 402 g/mol. The first-order chi connectivity index (χ1) is 13.2. The fourth-order valence-corrected chi connectivity index (χ4v) is 2.37. The predicted molar refractivity (Wildman–Crippen MR) is 86.5 cm³/mol. The van der Waals surface area contributed by atoms with Crippen LogP contribution in [0.5, 0.6) is 0 Å². The van der Waals surface area contributed by atoms with Gasteiger partial charge in [-0.3, -0.25) is 10.5 Å². The molecule has 2 N–H and O–H groups in total. The van der Waals surface area contributed by atoms with Gasteiger partial charge in [0.05, 0.1) is 18.1 Å². The van der Waals surface area contributed by atoms with Crippen LogP contribution in [0.15, 0.2) is 41.6 Å². The lowest BCUT2D eigenvalue weighted by Gasteiger charge is -2.13. The number of aromatic nitrogens is 2. The fraction of sp³-hybridized carbons (Fsp3) is 0.0588. The Morgan fingerprint density at radius 2 is 1.54 bits per heavy atom. The minimum Gasteiger partial charge on any atom is -0.277 e. The molecule has 0 unspecified atom stereocenters. The third kappa shape index (κ3) is 3.55. The molecule has 1 aromatic heterocycles. The number of nitrogens with one attached hydrogen (secondary N) is 2. The number of hydrogen-bond donors (Lipinski definition) is 2. The average molecular weight is 402 g/mol. The molecular weight excluding hydrogens is 393 g/mol. The molecule has 0 bridgehead atoms. The summed E-state index contributed by atoms with van der Waals surface area (Å²) >= 11 is 0. The second-order valence-corrected chi connectivity index (χ2v) is 5.44. The van der Waals surface area contributed by atoms with E-state index < -0.39 is 40.7 Å². The highest BCUT2D eigenvalue weighted by molar-refractivity contribution is 5.88. The summed E-state index contributed by atoms with van der Waals surface area (Å²) in [5.74, 6) is -9.65. The van der Waals surface area contributed by atoms with Gasteiger partial charge in [0.1, 0.15) is 11.3 Å². The molecule has 0 aliphatic rings. The minimum atomic E-state index is -5.61. The van der Waals surface area contributed by atoms with Gasteiger partial charge in [-0.1, -0.05) is 30.3 Å². The number of hydrogen-bond acceptors (Lipinski definition) is 3. The molecule has 4 nitrogen and oxygen atoms in total. The molecule has 28 heavy (non-hydrogen) atoms. The first-order valence-electron chi connectivity index (χ1n) is 7.52. The van der Waals surface area contributed by atoms with Gasteiger partial charge in [0.2, 0.25) is 0 Å². The maximum absolute atomic E-state index is 13.8. The molecule has 1 heterocycles. The van der Waals surface area contributed by atoms with Crippen LogP contribution < -0.4 is 5.43 Å². The van der Waals surface area contributed by atoms with Crippen LogP contribution in [0.25, 0.3) is 11.3 Å². The maximum Gasteiger partial charge on any atom is 0.422 e. The van der Waals surface area contributed by atoms with Crippen LogP contribution in [-0.2, 0) is 6.18 Å². The number of benzene rings is 2. The lowest BCUT2D eigenvalue weighted by molar-refractivity contribution is -0.143. The number of nitrogens with zero attached hydrogens (tertiary/aromatic N) is 2. The van der Waals surface area contributed by atoms with E-state index in [9.17, 15) is 30.7 Å². The van der Waals surface area contributed by atoms with Gasteiger partial charge in [-0.2, -0.15) is 23.4 Å². The van der Waals surface area contributed by atoms with E-state index in [0.29, 0.717) is 16.8 Å². The van der Waals surface area contributed by atoms with Gasteiger partial charge in [0.15, 0.2) is 23.3 Å². The van der Waals surface area contributed by atoms with E-state index in [1.54, 1.807) is 35.8 Å². The standard InChI is InChI=1S/C17H9F7N4/c18-11-10(17(22,23)24)12(19)14(21)16(13(11)20)28-26-7-9-6-25-27-15(9)8-4-2-1-3-5-8/h1-7,28H,(H,25,27)/b26-7+. The summed E-state index contributed by atoms with van der Waals surface area (Å²) in [5, 5.41) is 9.90. The summed E-state index contributed by atoms with van der Waals surface area (Å²) in [5.41, 5.74) is -0.939. The predicted octanol–water partition coefficient (Wildman–Crippen LogP) is 5.10. The number of rotatable bonds is 4. The lowest BCUT2D eigenvalue weighted by atomic mass is 10.1. The van der Waals surface area contributed by atoms with Crippen molar-refractivity contribution < 1.29 is 30.7 Å². The Labute approximate surface area is 152 Å². The van der Waals surface area contributed by atoms with Gasteiger partial charge in [0.25, 0.3) is 0 Å². The van der Waals surface area contributed by atoms with Gasteiger partial charge in [-0.05, 0) is 0 Å². The SMILES string of the molecule is Fc1c(F)c(C(F)(F)F)c(F)c(F)c1N/N=C/c1cn[nH]c1-c1ccccc1. The van der Waals surface area contributed by atoms with Crippen LogP contribution in [0, 0.1) is 23.3 Å². The Balaban J connectivity index is 1.92. The molecule has 3 aromatic rings. The molecule has 0 radical (unpaired) electrons. The highest BCUT2D eigenvalue weighted by atomic mass is 19.4. The van der Waals surface area contributed by atoms with E-state index in [-0.39, 0.29) is 0 Å². The normalized spacial score (nSPS) is 12.0. The second kappa shape index (κ2) is 7.33. The Morgan fingerprint density at radius 3 is 2.11 bits per heavy atom. The number of H-pyrrole nitrogens is 1. The third-order valence-corrected chi connectivity index (χ3v) is 3.66. The van der Waals surface area contributed by atoms with Gasteiger partial charge in [0, 0.05) is 11.1 Å². The highest BCUT2D eigenvalue weighted by Crippen LogP contribution is 2.38. The van der Waals surface area contributed by atoms with Crippen molar-refractivity contribution in [3.05, 3.63) is 70.9 Å². The zero-order chi connectivity index (χ0) is 20.5. The zero-order valence-corrected chi connectivity index (χ0v) is 13.6. The molecule has 0 amide bonds. The van der Waals surface area contributed by atoms with Crippen molar-refractivity contribution in [2.75, 3.05) is 5.43 Å². The van der Waals surface area contributed by atoms with Crippen LogP contribution >= 0.6 is 0 Å². The highest BCUT2D eigenvalue weighted by Gasteiger charge is 2.42. The Morgan fingerprint density at radius 1 is 0.929 bits per heavy atom. The first kappa shape index (κ1) is 19.4. The van der Waals surface area contributed by atoms with E-state index >= 15 is 0 Å². The van der Waals surface area contributed by atoms with Gasteiger partial charge in [-0.25, -0.2) is 17.6 Å². The average Bonchev–Trinajstić information content (AvgIpc) is 3.11. The number of aromatic amines is 1. The molecule has 0 aliphatic heterocycles. The number of anilines is 1. The summed E-state index contributed by atoms with van der Waals surface area (Å²) in [6.07, 6.45) is -3.27. The molecule has 0 fully saturated rings. The second-order valence-electron chi connectivity index (χ2n) is 5.44. The summed E-state index contributed by atoms with van der Waals surface area (Å²) in [6, 6.07) is 8.73. The molecule has 0 atom stereocenters. The Bertz CT molecular complexity index is 997. The van der Waals surface area contributed by atoms with E-state index in [1.165, 1.54) is 6.20 Å². The summed E-state index contributed by atoms with van der Waals surface area (Å²) < 4.78 is 92.5. The van der Waals surface area contributed by atoms with Crippen molar-refractivity contribution in [1.29, 1.82) is 0 Å². The van der Waals surface area contributed by atoms with Gasteiger partial charge in [-0.15, -0.1) is 0 Å². The number of halogens is 7. The number of hydrazone groups is 1. The first-order valence-corrected chi connectivity index (χ1v) is 7.52. The van der Waals surface area contributed by atoms with Crippen LogP contribution in [0.3, 0.4) is 0 Å². The van der Waals surface area contributed by atoms with Crippen LogP contribution in [0.2, 0.25) is 0 Å². The van der Waals surface area contributed by atoms with Gasteiger partial charge < -0.3 is 0 Å². The van der Waals surface area contributed by atoms with E-state index in [1.807, 2.05) is 0 Å².